The van der Waals surface area contributed by atoms with Crippen LogP contribution in [-0.4, -0.2) is 37.3 Å². The second-order valence-corrected chi connectivity index (χ2v) is 8.59. The van der Waals surface area contributed by atoms with E-state index in [0.717, 1.165) is 24.3 Å². The quantitative estimate of drug-likeness (QED) is 0.271. The molecule has 0 radical (unpaired) electrons. The molecule has 190 valence electrons. The van der Waals surface area contributed by atoms with Gasteiger partial charge in [-0.15, -0.1) is 0 Å². The molecule has 2 N–H and O–H groups in total. The molecule has 0 fully saturated rings. The lowest BCUT2D eigenvalue weighted by Gasteiger charge is -2.18. The average Bonchev–Trinajstić information content (AvgIpc) is 2.73. The summed E-state index contributed by atoms with van der Waals surface area (Å²) in [7, 11) is 0. The Bertz CT molecular complexity index is 1110. The van der Waals surface area contributed by atoms with Crippen LogP contribution in [0.5, 0.6) is 0 Å². The first-order valence-corrected chi connectivity index (χ1v) is 10.9. The molecular weight excluding hydrogens is 568 g/mol. The van der Waals surface area contributed by atoms with E-state index >= 15 is 0 Å². The highest BCUT2D eigenvalue weighted by atomic mass is 35.5. The number of alkyl halides is 6. The van der Waals surface area contributed by atoms with Crippen LogP contribution in [-0.2, 0) is 4.79 Å². The highest BCUT2D eigenvalue weighted by Gasteiger charge is 2.39. The minimum atomic E-state index is -4.70. The van der Waals surface area contributed by atoms with Crippen LogP contribution < -0.4 is 10.6 Å². The molecule has 1 unspecified atom stereocenters. The van der Waals surface area contributed by atoms with Crippen LogP contribution in [0.25, 0.3) is 6.08 Å². The van der Waals surface area contributed by atoms with Gasteiger partial charge in [0.05, 0.1) is 38.1 Å². The predicted molar refractivity (Wildman–Crippen MR) is 122 cm³/mol. The summed E-state index contributed by atoms with van der Waals surface area (Å²) < 4.78 is 77.2. The molecule has 1 atom stereocenters. The van der Waals surface area contributed by atoms with Gasteiger partial charge in [-0.3, -0.25) is 9.59 Å². The van der Waals surface area contributed by atoms with E-state index < -0.39 is 43.2 Å². The van der Waals surface area contributed by atoms with Gasteiger partial charge in [-0.05, 0) is 35.4 Å². The normalized spacial score (nSPS) is 13.1. The van der Waals surface area contributed by atoms with Gasteiger partial charge in [0.1, 0.15) is 6.54 Å². The van der Waals surface area contributed by atoms with E-state index in [2.05, 4.69) is 5.32 Å². The lowest BCUT2D eigenvalue weighted by Crippen LogP contribution is -2.40. The second kappa shape index (κ2) is 11.7. The molecule has 2 aromatic rings. The Hall–Kier alpha value is -2.14. The van der Waals surface area contributed by atoms with E-state index in [0.29, 0.717) is 0 Å². The molecule has 0 spiro atoms. The summed E-state index contributed by atoms with van der Waals surface area (Å²) in [5.74, 6) is -4.04. The Morgan fingerprint density at radius 2 is 1.49 bits per heavy atom. The first-order chi connectivity index (χ1) is 16.1. The van der Waals surface area contributed by atoms with Crippen LogP contribution in [0.15, 0.2) is 36.4 Å². The zero-order chi connectivity index (χ0) is 26.6. The lowest BCUT2D eigenvalue weighted by atomic mass is 9.97. The average molecular weight is 582 g/mol. The summed E-state index contributed by atoms with van der Waals surface area (Å²) in [6.07, 6.45) is -7.35. The van der Waals surface area contributed by atoms with Gasteiger partial charge < -0.3 is 10.6 Å². The first kappa shape index (κ1) is 29.1. The number of hydrogen-bond acceptors (Lipinski definition) is 2. The molecule has 0 aromatic heterocycles. The zero-order valence-corrected chi connectivity index (χ0v) is 20.2. The third kappa shape index (κ3) is 8.79. The molecule has 0 saturated heterocycles. The Balaban J connectivity index is 2.15. The monoisotopic (exact) mass is 580 g/mol. The molecule has 2 rings (SSSR count). The summed E-state index contributed by atoms with van der Waals surface area (Å²) in [6, 6.07) is 5.76. The van der Waals surface area contributed by atoms with E-state index in [4.69, 9.17) is 46.4 Å². The zero-order valence-electron chi connectivity index (χ0n) is 17.1. The highest BCUT2D eigenvalue weighted by Crippen LogP contribution is 2.41. The first-order valence-electron chi connectivity index (χ1n) is 9.39. The van der Waals surface area contributed by atoms with Crippen LogP contribution in [0.1, 0.15) is 27.4 Å². The number of carbonyl (C=O) groups excluding carboxylic acids is 2. The number of amides is 2. The molecule has 0 aliphatic carbocycles. The van der Waals surface area contributed by atoms with E-state index in [1.165, 1.54) is 18.2 Å². The molecule has 0 aliphatic rings. The number of halogens is 10. The van der Waals surface area contributed by atoms with Gasteiger partial charge in [0.15, 0.2) is 0 Å². The smallest absolute Gasteiger partial charge is 0.345 e. The molecule has 0 bridgehead atoms. The van der Waals surface area contributed by atoms with E-state index in [9.17, 15) is 35.9 Å². The number of benzene rings is 2. The van der Waals surface area contributed by atoms with Crippen molar-refractivity contribution in [2.45, 2.75) is 18.3 Å². The van der Waals surface area contributed by atoms with Gasteiger partial charge in [0.25, 0.3) is 5.91 Å². The van der Waals surface area contributed by atoms with Crippen LogP contribution >= 0.6 is 46.4 Å². The summed E-state index contributed by atoms with van der Waals surface area (Å²) in [5.41, 5.74) is -0.190. The molecule has 4 nitrogen and oxygen atoms in total. The fourth-order valence-electron chi connectivity index (χ4n) is 2.71. The molecule has 35 heavy (non-hydrogen) atoms. The topological polar surface area (TPSA) is 58.2 Å². The molecular formula is C21H14Cl4F6N2O2. The molecule has 0 saturated carbocycles. The van der Waals surface area contributed by atoms with E-state index in [1.54, 1.807) is 5.32 Å². The maximum absolute atomic E-state index is 13.6. The van der Waals surface area contributed by atoms with Crippen molar-refractivity contribution < 1.29 is 35.9 Å². The molecule has 2 aromatic carbocycles. The fourth-order valence-corrected chi connectivity index (χ4v) is 3.60. The Morgan fingerprint density at radius 1 is 0.886 bits per heavy atom. The fraction of sp³-hybridized carbons (Fsp3) is 0.238. The third-order valence-electron chi connectivity index (χ3n) is 4.33. The summed E-state index contributed by atoms with van der Waals surface area (Å²) in [5, 5.41) is 3.13. The van der Waals surface area contributed by atoms with E-state index in [-0.39, 0.29) is 36.8 Å². The number of hydrogen-bond donors (Lipinski definition) is 2. The molecule has 0 aliphatic heterocycles. The van der Waals surface area contributed by atoms with Gasteiger partial charge in [-0.2, -0.15) is 26.3 Å². The van der Waals surface area contributed by atoms with Gasteiger partial charge in [0.2, 0.25) is 5.91 Å². The SMILES string of the molecule is O=C(CNC(=O)c1ccc(C=CC(c2cc(Cl)c(Cl)c(Cl)c2)C(F)(F)F)cc1Cl)NCC(F)(F)F. The van der Waals surface area contributed by atoms with Gasteiger partial charge in [-0.25, -0.2) is 0 Å². The standard InChI is InChI=1S/C21H14Cl4F6N2O2/c22-14-5-10(1-3-12(14)19(35)32-8-17(34)33-9-20(26,27)28)2-4-13(21(29,30)31)11-6-15(23)18(25)16(24)7-11/h1-7,13H,8-9H2,(H,32,35)(H,33,34). The second-order valence-electron chi connectivity index (χ2n) is 6.99. The molecule has 14 heteroatoms. The van der Waals surface area contributed by atoms with Crippen molar-refractivity contribution >= 4 is 64.3 Å². The predicted octanol–water partition coefficient (Wildman–Crippen LogP) is 7.07. The Morgan fingerprint density at radius 3 is 2.00 bits per heavy atom. The van der Waals surface area contributed by atoms with Crippen molar-refractivity contribution in [2.75, 3.05) is 13.1 Å². The van der Waals surface area contributed by atoms with Crippen molar-refractivity contribution in [2.24, 2.45) is 0 Å². The number of nitrogens with one attached hydrogen (secondary N) is 2. The largest absolute Gasteiger partial charge is 0.405 e. The number of rotatable bonds is 7. The van der Waals surface area contributed by atoms with Crippen molar-refractivity contribution in [3.05, 3.63) is 73.2 Å². The summed E-state index contributed by atoms with van der Waals surface area (Å²) in [4.78, 5) is 23.5. The van der Waals surface area contributed by atoms with Gasteiger partial charge in [-0.1, -0.05) is 64.6 Å². The van der Waals surface area contributed by atoms with Crippen LogP contribution in [0.4, 0.5) is 26.3 Å². The summed E-state index contributed by atoms with van der Waals surface area (Å²) in [6.45, 7) is -2.30. The van der Waals surface area contributed by atoms with Crippen molar-refractivity contribution in [3.63, 3.8) is 0 Å². The van der Waals surface area contributed by atoms with Crippen molar-refractivity contribution in [1.29, 1.82) is 0 Å². The maximum atomic E-state index is 13.6. The number of carbonyl (C=O) groups is 2. The van der Waals surface area contributed by atoms with Gasteiger partial charge >= 0.3 is 12.4 Å². The minimum absolute atomic E-state index is 0.0829. The molecule has 0 heterocycles. The van der Waals surface area contributed by atoms with Crippen molar-refractivity contribution in [1.82, 2.24) is 10.6 Å². The Kier molecular flexibility index (Phi) is 9.75. The lowest BCUT2D eigenvalue weighted by molar-refractivity contribution is -0.139. The number of allylic oxidation sites excluding steroid dienone is 1. The van der Waals surface area contributed by atoms with Crippen LogP contribution in [0, 0.1) is 0 Å². The van der Waals surface area contributed by atoms with E-state index in [1.807, 2.05) is 0 Å². The van der Waals surface area contributed by atoms with Crippen LogP contribution in [0.3, 0.4) is 0 Å². The highest BCUT2D eigenvalue weighted by molar-refractivity contribution is 6.48. The maximum Gasteiger partial charge on any atom is 0.405 e. The van der Waals surface area contributed by atoms with Crippen molar-refractivity contribution in [3.8, 4) is 0 Å². The van der Waals surface area contributed by atoms with Gasteiger partial charge in [0, 0.05) is 0 Å². The Labute approximate surface area is 215 Å². The molecule has 2 amide bonds. The van der Waals surface area contributed by atoms with Crippen LogP contribution in [0.2, 0.25) is 20.1 Å². The third-order valence-corrected chi connectivity index (χ3v) is 5.84. The minimum Gasteiger partial charge on any atom is -0.345 e. The summed E-state index contributed by atoms with van der Waals surface area (Å²) >= 11 is 23.5.